The Morgan fingerprint density at radius 2 is 2.35 bits per heavy atom. The lowest BCUT2D eigenvalue weighted by molar-refractivity contribution is -0.144. The van der Waals surface area contributed by atoms with Gasteiger partial charge in [0, 0.05) is 24.2 Å². The Hall–Kier alpha value is -1.72. The fourth-order valence-corrected chi connectivity index (χ4v) is 3.53. The van der Waals surface area contributed by atoms with E-state index in [0.29, 0.717) is 6.54 Å². The van der Waals surface area contributed by atoms with Crippen LogP contribution >= 0.6 is 11.3 Å². The second kappa shape index (κ2) is 5.34. The topological polar surface area (TPSA) is 53.4 Å². The quantitative estimate of drug-likeness (QED) is 0.943. The molecule has 1 unspecified atom stereocenters. The molecule has 5 heteroatoms. The number of carboxylic acid groups (broad SMARTS) is 1. The van der Waals surface area contributed by atoms with E-state index in [1.165, 1.54) is 4.88 Å². The van der Waals surface area contributed by atoms with Crippen LogP contribution in [0.5, 0.6) is 0 Å². The van der Waals surface area contributed by atoms with Crippen LogP contribution in [0, 0.1) is 6.92 Å². The maximum atomic E-state index is 11.6. The van der Waals surface area contributed by atoms with Gasteiger partial charge in [0.1, 0.15) is 6.04 Å². The zero-order valence-corrected chi connectivity index (χ0v) is 12.1. The van der Waals surface area contributed by atoms with E-state index in [0.717, 1.165) is 29.8 Å². The fraction of sp³-hybridized carbons (Fsp3) is 0.333. The van der Waals surface area contributed by atoms with E-state index in [1.54, 1.807) is 11.3 Å². The lowest BCUT2D eigenvalue weighted by atomic mass is 10.00. The Labute approximate surface area is 121 Å². The molecule has 2 aromatic rings. The summed E-state index contributed by atoms with van der Waals surface area (Å²) in [7, 11) is 0. The first-order valence-electron chi connectivity index (χ1n) is 6.60. The van der Waals surface area contributed by atoms with Crippen LogP contribution in [0.15, 0.2) is 29.8 Å². The van der Waals surface area contributed by atoms with Gasteiger partial charge in [-0.05, 0) is 42.0 Å². The summed E-state index contributed by atoms with van der Waals surface area (Å²) in [6, 6.07) is 5.37. The van der Waals surface area contributed by atoms with Gasteiger partial charge in [-0.25, -0.2) is 0 Å². The highest BCUT2D eigenvalue weighted by Gasteiger charge is 2.33. The first kappa shape index (κ1) is 13.3. The maximum Gasteiger partial charge on any atom is 0.325 e. The normalized spacial score (nSPS) is 18.8. The van der Waals surface area contributed by atoms with Crippen molar-refractivity contribution in [3.8, 4) is 0 Å². The molecule has 3 rings (SSSR count). The molecule has 0 bridgehead atoms. The van der Waals surface area contributed by atoms with Crippen LogP contribution in [0.25, 0.3) is 0 Å². The number of nitrogens with zero attached hydrogens (tertiary/aromatic N) is 2. The van der Waals surface area contributed by atoms with Gasteiger partial charge in [-0.3, -0.25) is 14.7 Å². The number of fused-ring (bicyclic) bond motifs is 1. The molecular weight excluding hydrogens is 272 g/mol. The molecule has 1 N–H and O–H groups in total. The Kier molecular flexibility index (Phi) is 3.54. The van der Waals surface area contributed by atoms with Crippen LogP contribution in [0.4, 0.5) is 0 Å². The molecule has 20 heavy (non-hydrogen) atoms. The van der Waals surface area contributed by atoms with Gasteiger partial charge in [0.15, 0.2) is 0 Å². The summed E-state index contributed by atoms with van der Waals surface area (Å²) in [6.07, 6.45) is 2.74. The highest BCUT2D eigenvalue weighted by atomic mass is 32.1. The van der Waals surface area contributed by atoms with Crippen molar-refractivity contribution in [2.45, 2.75) is 25.9 Å². The Bertz CT molecular complexity index is 621. The molecule has 0 saturated carbocycles. The molecule has 0 aliphatic carbocycles. The lowest BCUT2D eigenvalue weighted by Gasteiger charge is -2.32. The summed E-state index contributed by atoms with van der Waals surface area (Å²) >= 11 is 1.65. The predicted octanol–water partition coefficient (Wildman–Crippen LogP) is 2.64. The Balaban J connectivity index is 1.86. The summed E-state index contributed by atoms with van der Waals surface area (Å²) in [6.45, 7) is 3.34. The molecular formula is C15H16N2O2S. The van der Waals surface area contributed by atoms with Crippen molar-refractivity contribution in [3.05, 3.63) is 51.5 Å². The number of aromatic nitrogens is 1. The van der Waals surface area contributed by atoms with Crippen LogP contribution < -0.4 is 0 Å². The van der Waals surface area contributed by atoms with Gasteiger partial charge in [-0.15, -0.1) is 11.3 Å². The van der Waals surface area contributed by atoms with Crippen molar-refractivity contribution in [3.63, 3.8) is 0 Å². The van der Waals surface area contributed by atoms with Gasteiger partial charge in [0.2, 0.25) is 0 Å². The third-order valence-corrected chi connectivity index (χ3v) is 4.63. The molecule has 1 aliphatic heterocycles. The molecule has 0 radical (unpaired) electrons. The molecule has 0 amide bonds. The van der Waals surface area contributed by atoms with Crippen molar-refractivity contribution in [2.75, 3.05) is 6.54 Å². The molecule has 4 nitrogen and oxygen atoms in total. The molecule has 0 spiro atoms. The van der Waals surface area contributed by atoms with Gasteiger partial charge >= 0.3 is 5.97 Å². The van der Waals surface area contributed by atoms with E-state index in [2.05, 4.69) is 4.98 Å². The van der Waals surface area contributed by atoms with Gasteiger partial charge in [0.25, 0.3) is 0 Å². The SMILES string of the molecule is Cc1ccc(CN2CCc3sccc3C2C(=O)O)nc1. The lowest BCUT2D eigenvalue weighted by Crippen LogP contribution is -2.38. The third kappa shape index (κ3) is 2.46. The smallest absolute Gasteiger partial charge is 0.325 e. The number of hydrogen-bond acceptors (Lipinski definition) is 4. The van der Waals surface area contributed by atoms with Crippen molar-refractivity contribution in [2.24, 2.45) is 0 Å². The zero-order chi connectivity index (χ0) is 14.1. The highest BCUT2D eigenvalue weighted by molar-refractivity contribution is 7.10. The standard InChI is InChI=1S/C15H16N2O2S/c1-10-2-3-11(16-8-10)9-17-6-4-13-12(5-7-20-13)14(17)15(18)19/h2-3,5,7-8,14H,4,6,9H2,1H3,(H,18,19). The van der Waals surface area contributed by atoms with E-state index in [1.807, 2.05) is 41.6 Å². The van der Waals surface area contributed by atoms with Crippen LogP contribution in [0.2, 0.25) is 0 Å². The van der Waals surface area contributed by atoms with E-state index >= 15 is 0 Å². The Morgan fingerprint density at radius 3 is 3.05 bits per heavy atom. The van der Waals surface area contributed by atoms with Crippen LogP contribution in [0.3, 0.4) is 0 Å². The minimum atomic E-state index is -0.781. The van der Waals surface area contributed by atoms with Crippen molar-refractivity contribution in [1.82, 2.24) is 9.88 Å². The van der Waals surface area contributed by atoms with Crippen molar-refractivity contribution in [1.29, 1.82) is 0 Å². The van der Waals surface area contributed by atoms with E-state index in [9.17, 15) is 9.90 Å². The third-order valence-electron chi connectivity index (χ3n) is 3.64. The fourth-order valence-electron chi connectivity index (χ4n) is 2.63. The number of thiophene rings is 1. The highest BCUT2D eigenvalue weighted by Crippen LogP contribution is 2.34. The van der Waals surface area contributed by atoms with Crippen molar-refractivity contribution >= 4 is 17.3 Å². The first-order chi connectivity index (χ1) is 9.65. The van der Waals surface area contributed by atoms with Crippen LogP contribution in [-0.2, 0) is 17.8 Å². The zero-order valence-electron chi connectivity index (χ0n) is 11.2. The molecule has 1 aliphatic rings. The Morgan fingerprint density at radius 1 is 1.50 bits per heavy atom. The average molecular weight is 288 g/mol. The number of rotatable bonds is 3. The molecule has 0 aromatic carbocycles. The second-order valence-electron chi connectivity index (χ2n) is 5.09. The summed E-state index contributed by atoms with van der Waals surface area (Å²) in [5.41, 5.74) is 2.98. The summed E-state index contributed by atoms with van der Waals surface area (Å²) in [5, 5.41) is 11.5. The minimum absolute atomic E-state index is 0.548. The number of pyridine rings is 1. The van der Waals surface area contributed by atoms with Crippen molar-refractivity contribution < 1.29 is 9.90 Å². The number of aliphatic carboxylic acids is 1. The summed E-state index contributed by atoms with van der Waals surface area (Å²) in [5.74, 6) is -0.781. The second-order valence-corrected chi connectivity index (χ2v) is 6.09. The molecule has 0 saturated heterocycles. The molecule has 3 heterocycles. The predicted molar refractivity (Wildman–Crippen MR) is 77.8 cm³/mol. The monoisotopic (exact) mass is 288 g/mol. The van der Waals surface area contributed by atoms with E-state index in [4.69, 9.17) is 0 Å². The summed E-state index contributed by atoms with van der Waals surface area (Å²) < 4.78 is 0. The minimum Gasteiger partial charge on any atom is -0.480 e. The number of aryl methyl sites for hydroxylation is 1. The first-order valence-corrected chi connectivity index (χ1v) is 7.48. The molecule has 0 fully saturated rings. The number of carbonyl (C=O) groups is 1. The van der Waals surface area contributed by atoms with Gasteiger partial charge in [-0.1, -0.05) is 6.07 Å². The largest absolute Gasteiger partial charge is 0.480 e. The van der Waals surface area contributed by atoms with Gasteiger partial charge < -0.3 is 5.11 Å². The van der Waals surface area contributed by atoms with E-state index in [-0.39, 0.29) is 0 Å². The summed E-state index contributed by atoms with van der Waals surface area (Å²) in [4.78, 5) is 19.2. The van der Waals surface area contributed by atoms with Gasteiger partial charge in [0.05, 0.1) is 5.69 Å². The number of carboxylic acids is 1. The van der Waals surface area contributed by atoms with Crippen LogP contribution in [-0.4, -0.2) is 27.5 Å². The molecule has 1 atom stereocenters. The van der Waals surface area contributed by atoms with E-state index < -0.39 is 12.0 Å². The molecule has 104 valence electrons. The number of hydrogen-bond donors (Lipinski definition) is 1. The van der Waals surface area contributed by atoms with Crippen LogP contribution in [0.1, 0.15) is 27.7 Å². The average Bonchev–Trinajstić information content (AvgIpc) is 2.89. The maximum absolute atomic E-state index is 11.6. The molecule has 2 aromatic heterocycles. The van der Waals surface area contributed by atoms with Gasteiger partial charge in [-0.2, -0.15) is 0 Å².